The van der Waals surface area contributed by atoms with Gasteiger partial charge in [0.25, 0.3) is 0 Å². The van der Waals surface area contributed by atoms with E-state index in [1.807, 2.05) is 13.0 Å². The molecule has 0 aliphatic heterocycles. The van der Waals surface area contributed by atoms with E-state index in [0.29, 0.717) is 0 Å². The molecule has 3 aromatic rings. The average molecular weight is 258 g/mol. The van der Waals surface area contributed by atoms with Crippen molar-refractivity contribution in [2.24, 2.45) is 0 Å². The summed E-state index contributed by atoms with van der Waals surface area (Å²) in [6, 6.07) is 18.9. The molecule has 0 bridgehead atoms. The van der Waals surface area contributed by atoms with Crippen molar-refractivity contribution in [3.8, 4) is 22.5 Å². The molecule has 1 aliphatic carbocycles. The highest BCUT2D eigenvalue weighted by Crippen LogP contribution is 2.39. The van der Waals surface area contributed by atoms with Gasteiger partial charge in [-0.2, -0.15) is 0 Å². The molecular formula is C18H14N2. The van der Waals surface area contributed by atoms with Gasteiger partial charge in [0.15, 0.2) is 0 Å². The molecule has 1 heterocycles. The largest absolute Gasteiger partial charge is 0.233 e. The Balaban J connectivity index is 1.99. The van der Waals surface area contributed by atoms with E-state index in [1.54, 1.807) is 0 Å². The van der Waals surface area contributed by atoms with Gasteiger partial charge in [-0.05, 0) is 12.5 Å². The summed E-state index contributed by atoms with van der Waals surface area (Å²) in [6.45, 7) is 1.97. The molecule has 96 valence electrons. The lowest BCUT2D eigenvalue weighted by molar-refractivity contribution is 1.04. The van der Waals surface area contributed by atoms with Crippen molar-refractivity contribution < 1.29 is 0 Å². The summed E-state index contributed by atoms with van der Waals surface area (Å²) < 4.78 is 0. The van der Waals surface area contributed by atoms with Crippen LogP contribution in [0.2, 0.25) is 0 Å². The molecule has 0 saturated carbocycles. The second-order valence-corrected chi connectivity index (χ2v) is 5.15. The van der Waals surface area contributed by atoms with E-state index in [4.69, 9.17) is 0 Å². The zero-order valence-electron chi connectivity index (χ0n) is 11.3. The molecule has 1 aliphatic rings. The molecular weight excluding hydrogens is 244 g/mol. The van der Waals surface area contributed by atoms with Gasteiger partial charge in [-0.1, -0.05) is 54.6 Å². The molecule has 1 aromatic heterocycles. The summed E-state index contributed by atoms with van der Waals surface area (Å²) in [6.07, 6.45) is 0.927. The van der Waals surface area contributed by atoms with Crippen molar-refractivity contribution in [3.05, 3.63) is 71.5 Å². The van der Waals surface area contributed by atoms with Crippen molar-refractivity contribution in [3.63, 3.8) is 0 Å². The van der Waals surface area contributed by atoms with Gasteiger partial charge in [0, 0.05) is 23.1 Å². The topological polar surface area (TPSA) is 25.8 Å². The van der Waals surface area contributed by atoms with Gasteiger partial charge in [0.1, 0.15) is 5.82 Å². The zero-order chi connectivity index (χ0) is 13.5. The molecule has 0 amide bonds. The second kappa shape index (κ2) is 4.27. The zero-order valence-corrected chi connectivity index (χ0v) is 11.3. The number of hydrogen-bond donors (Lipinski definition) is 0. The fourth-order valence-corrected chi connectivity index (χ4v) is 2.92. The fourth-order valence-electron chi connectivity index (χ4n) is 2.92. The molecule has 0 atom stereocenters. The van der Waals surface area contributed by atoms with Gasteiger partial charge in [-0.3, -0.25) is 0 Å². The summed E-state index contributed by atoms with van der Waals surface area (Å²) in [7, 11) is 0. The fraction of sp³-hybridized carbons (Fsp3) is 0.111. The van der Waals surface area contributed by atoms with Crippen LogP contribution in [0.15, 0.2) is 54.6 Å². The summed E-state index contributed by atoms with van der Waals surface area (Å²) in [5.41, 5.74) is 7.20. The van der Waals surface area contributed by atoms with E-state index in [2.05, 4.69) is 58.5 Å². The van der Waals surface area contributed by atoms with Crippen molar-refractivity contribution in [1.82, 2.24) is 9.97 Å². The third kappa shape index (κ3) is 1.65. The SMILES string of the molecule is Cc1nc(-c2ccccc2)c2c(n1)-c1ccccc1C2. The van der Waals surface area contributed by atoms with Gasteiger partial charge in [-0.15, -0.1) is 0 Å². The van der Waals surface area contributed by atoms with Crippen LogP contribution >= 0.6 is 0 Å². The third-order valence-corrected chi connectivity index (χ3v) is 3.81. The Morgan fingerprint density at radius 1 is 0.800 bits per heavy atom. The van der Waals surface area contributed by atoms with Crippen molar-refractivity contribution in [1.29, 1.82) is 0 Å². The van der Waals surface area contributed by atoms with E-state index >= 15 is 0 Å². The first-order valence-electron chi connectivity index (χ1n) is 6.84. The molecule has 0 spiro atoms. The minimum absolute atomic E-state index is 0.833. The summed E-state index contributed by atoms with van der Waals surface area (Å²) in [4.78, 5) is 9.36. The van der Waals surface area contributed by atoms with Crippen LogP contribution in [0.1, 0.15) is 17.0 Å². The molecule has 2 heteroatoms. The summed E-state index contributed by atoms with van der Waals surface area (Å²) in [5, 5.41) is 0. The first-order chi connectivity index (χ1) is 9.83. The Kier molecular flexibility index (Phi) is 2.43. The summed E-state index contributed by atoms with van der Waals surface area (Å²) >= 11 is 0. The van der Waals surface area contributed by atoms with Crippen LogP contribution in [-0.4, -0.2) is 9.97 Å². The average Bonchev–Trinajstić information content (AvgIpc) is 2.86. The molecule has 0 unspecified atom stereocenters. The standard InChI is InChI=1S/C18H14N2/c1-12-19-17(13-7-3-2-4-8-13)16-11-14-9-5-6-10-15(14)18(16)20-12/h2-10H,11H2,1H3. The van der Waals surface area contributed by atoms with Crippen LogP contribution in [-0.2, 0) is 6.42 Å². The van der Waals surface area contributed by atoms with Crippen molar-refractivity contribution in [2.45, 2.75) is 13.3 Å². The molecule has 0 radical (unpaired) electrons. The minimum Gasteiger partial charge on any atom is -0.233 e. The monoisotopic (exact) mass is 258 g/mol. The van der Waals surface area contributed by atoms with Crippen LogP contribution in [0.4, 0.5) is 0 Å². The molecule has 4 rings (SSSR count). The third-order valence-electron chi connectivity index (χ3n) is 3.81. The van der Waals surface area contributed by atoms with Crippen LogP contribution in [0.5, 0.6) is 0 Å². The van der Waals surface area contributed by atoms with E-state index < -0.39 is 0 Å². The predicted molar refractivity (Wildman–Crippen MR) is 80.4 cm³/mol. The molecule has 2 aromatic carbocycles. The van der Waals surface area contributed by atoms with Gasteiger partial charge in [0.05, 0.1) is 11.4 Å². The lowest BCUT2D eigenvalue weighted by atomic mass is 10.0. The summed E-state index contributed by atoms with van der Waals surface area (Å²) in [5.74, 6) is 0.833. The highest BCUT2D eigenvalue weighted by atomic mass is 14.9. The highest BCUT2D eigenvalue weighted by molar-refractivity contribution is 5.80. The minimum atomic E-state index is 0.833. The molecule has 20 heavy (non-hydrogen) atoms. The van der Waals surface area contributed by atoms with Gasteiger partial charge in [-0.25, -0.2) is 9.97 Å². The number of benzene rings is 2. The van der Waals surface area contributed by atoms with E-state index in [-0.39, 0.29) is 0 Å². The molecule has 0 fully saturated rings. The number of hydrogen-bond acceptors (Lipinski definition) is 2. The van der Waals surface area contributed by atoms with Crippen molar-refractivity contribution >= 4 is 0 Å². The molecule has 0 saturated heterocycles. The number of fused-ring (bicyclic) bond motifs is 3. The Labute approximate surface area is 118 Å². The van der Waals surface area contributed by atoms with Gasteiger partial charge >= 0.3 is 0 Å². The predicted octanol–water partition coefficient (Wildman–Crippen LogP) is 4.02. The maximum Gasteiger partial charge on any atom is 0.126 e. The number of nitrogens with zero attached hydrogens (tertiary/aromatic N) is 2. The number of rotatable bonds is 1. The van der Waals surface area contributed by atoms with Crippen molar-refractivity contribution in [2.75, 3.05) is 0 Å². The van der Waals surface area contributed by atoms with Crippen LogP contribution in [0.25, 0.3) is 22.5 Å². The van der Waals surface area contributed by atoms with Crippen LogP contribution < -0.4 is 0 Å². The number of aryl methyl sites for hydroxylation is 1. The molecule has 2 nitrogen and oxygen atoms in total. The Bertz CT molecular complexity index is 792. The van der Waals surface area contributed by atoms with E-state index in [1.165, 1.54) is 22.3 Å². The van der Waals surface area contributed by atoms with Gasteiger partial charge in [0.2, 0.25) is 0 Å². The maximum atomic E-state index is 4.69. The van der Waals surface area contributed by atoms with E-state index in [0.717, 1.165) is 23.6 Å². The normalized spacial score (nSPS) is 12.1. The first-order valence-corrected chi connectivity index (χ1v) is 6.84. The number of aromatic nitrogens is 2. The molecule has 0 N–H and O–H groups in total. The Morgan fingerprint density at radius 2 is 1.50 bits per heavy atom. The van der Waals surface area contributed by atoms with Gasteiger partial charge < -0.3 is 0 Å². The Hall–Kier alpha value is -2.48. The second-order valence-electron chi connectivity index (χ2n) is 5.15. The maximum absolute atomic E-state index is 4.69. The Morgan fingerprint density at radius 3 is 2.35 bits per heavy atom. The van der Waals surface area contributed by atoms with Crippen LogP contribution in [0, 0.1) is 6.92 Å². The quantitative estimate of drug-likeness (QED) is 0.515. The van der Waals surface area contributed by atoms with E-state index in [9.17, 15) is 0 Å². The lowest BCUT2D eigenvalue weighted by Crippen LogP contribution is -1.98. The smallest absolute Gasteiger partial charge is 0.126 e. The first kappa shape index (κ1) is 11.4. The highest BCUT2D eigenvalue weighted by Gasteiger charge is 2.24. The lowest BCUT2D eigenvalue weighted by Gasteiger charge is -2.08. The van der Waals surface area contributed by atoms with Crippen LogP contribution in [0.3, 0.4) is 0 Å².